The van der Waals surface area contributed by atoms with Gasteiger partial charge < -0.3 is 4.98 Å². The van der Waals surface area contributed by atoms with E-state index in [0.717, 1.165) is 11.1 Å². The highest BCUT2D eigenvalue weighted by Gasteiger charge is 2.02. The molecule has 0 aliphatic carbocycles. The van der Waals surface area contributed by atoms with E-state index in [1.54, 1.807) is 0 Å². The standard InChI is InChI=1S/C10H9BrN2O/c1-6-2-3-8-7(4-6)10(14)13-9(5-11)12-8/h2-4H,5H2,1H3,(H,12,13,14). The molecule has 0 unspecified atom stereocenters. The molecule has 0 fully saturated rings. The second-order valence-electron chi connectivity index (χ2n) is 3.17. The van der Waals surface area contributed by atoms with Gasteiger partial charge in [0.2, 0.25) is 0 Å². The van der Waals surface area contributed by atoms with Crippen LogP contribution in [0, 0.1) is 6.92 Å². The predicted molar refractivity (Wildman–Crippen MR) is 59.7 cm³/mol. The van der Waals surface area contributed by atoms with E-state index in [2.05, 4.69) is 25.9 Å². The largest absolute Gasteiger partial charge is 0.309 e. The highest BCUT2D eigenvalue weighted by Crippen LogP contribution is 2.10. The molecule has 0 saturated heterocycles. The predicted octanol–water partition coefficient (Wildman–Crippen LogP) is 2.13. The van der Waals surface area contributed by atoms with E-state index in [1.807, 2.05) is 25.1 Å². The molecule has 1 aromatic heterocycles. The zero-order chi connectivity index (χ0) is 10.1. The first-order valence-electron chi connectivity index (χ1n) is 4.26. The third-order valence-corrected chi connectivity index (χ3v) is 2.57. The number of H-pyrrole nitrogens is 1. The molecule has 14 heavy (non-hydrogen) atoms. The van der Waals surface area contributed by atoms with Gasteiger partial charge >= 0.3 is 0 Å². The van der Waals surface area contributed by atoms with Crippen molar-refractivity contribution in [3.63, 3.8) is 0 Å². The Labute approximate surface area is 89.3 Å². The summed E-state index contributed by atoms with van der Waals surface area (Å²) in [6.07, 6.45) is 0. The number of aromatic nitrogens is 2. The Morgan fingerprint density at radius 2 is 2.29 bits per heavy atom. The van der Waals surface area contributed by atoms with Crippen LogP contribution in [-0.4, -0.2) is 9.97 Å². The summed E-state index contributed by atoms with van der Waals surface area (Å²) >= 11 is 3.26. The fourth-order valence-electron chi connectivity index (χ4n) is 1.36. The van der Waals surface area contributed by atoms with Crippen molar-refractivity contribution < 1.29 is 0 Å². The summed E-state index contributed by atoms with van der Waals surface area (Å²) in [4.78, 5) is 18.6. The summed E-state index contributed by atoms with van der Waals surface area (Å²) in [6.45, 7) is 1.96. The van der Waals surface area contributed by atoms with Crippen molar-refractivity contribution in [1.82, 2.24) is 9.97 Å². The number of hydrogen-bond donors (Lipinski definition) is 1. The van der Waals surface area contributed by atoms with Crippen molar-refractivity contribution in [2.24, 2.45) is 0 Å². The third kappa shape index (κ3) is 1.57. The highest BCUT2D eigenvalue weighted by molar-refractivity contribution is 9.08. The van der Waals surface area contributed by atoms with Crippen LogP contribution in [-0.2, 0) is 5.33 Å². The lowest BCUT2D eigenvalue weighted by atomic mass is 10.2. The number of alkyl halides is 1. The van der Waals surface area contributed by atoms with Crippen LogP contribution in [0.1, 0.15) is 11.4 Å². The number of nitrogens with one attached hydrogen (secondary N) is 1. The minimum absolute atomic E-state index is 0.0758. The van der Waals surface area contributed by atoms with Gasteiger partial charge in [0.05, 0.1) is 16.2 Å². The van der Waals surface area contributed by atoms with E-state index >= 15 is 0 Å². The van der Waals surface area contributed by atoms with Gasteiger partial charge in [0, 0.05) is 0 Å². The summed E-state index contributed by atoms with van der Waals surface area (Å²) < 4.78 is 0. The zero-order valence-corrected chi connectivity index (χ0v) is 9.26. The highest BCUT2D eigenvalue weighted by atomic mass is 79.9. The maximum atomic E-state index is 11.6. The molecule has 0 aliphatic rings. The number of aryl methyl sites for hydroxylation is 1. The number of nitrogens with zero attached hydrogens (tertiary/aromatic N) is 1. The monoisotopic (exact) mass is 252 g/mol. The van der Waals surface area contributed by atoms with Gasteiger partial charge in [-0.1, -0.05) is 27.6 Å². The number of hydrogen-bond acceptors (Lipinski definition) is 2. The van der Waals surface area contributed by atoms with Crippen molar-refractivity contribution in [3.05, 3.63) is 39.9 Å². The summed E-state index contributed by atoms with van der Waals surface area (Å²) in [6, 6.07) is 5.66. The Morgan fingerprint density at radius 3 is 3.00 bits per heavy atom. The van der Waals surface area contributed by atoms with Crippen LogP contribution in [0.2, 0.25) is 0 Å². The summed E-state index contributed by atoms with van der Waals surface area (Å²) in [7, 11) is 0. The Bertz CT molecular complexity index is 533. The van der Waals surface area contributed by atoms with Gasteiger partial charge in [0.25, 0.3) is 5.56 Å². The molecule has 4 heteroatoms. The molecule has 0 saturated carbocycles. The van der Waals surface area contributed by atoms with E-state index in [-0.39, 0.29) is 5.56 Å². The van der Waals surface area contributed by atoms with Crippen LogP contribution in [0.5, 0.6) is 0 Å². The second-order valence-corrected chi connectivity index (χ2v) is 3.73. The van der Waals surface area contributed by atoms with Gasteiger partial charge in [-0.25, -0.2) is 4.98 Å². The lowest BCUT2D eigenvalue weighted by Crippen LogP contribution is -2.10. The van der Waals surface area contributed by atoms with E-state index in [0.29, 0.717) is 16.5 Å². The molecule has 2 rings (SSSR count). The number of aromatic amines is 1. The molecule has 0 radical (unpaired) electrons. The normalized spacial score (nSPS) is 10.7. The van der Waals surface area contributed by atoms with Crippen LogP contribution in [0.4, 0.5) is 0 Å². The first-order chi connectivity index (χ1) is 6.70. The molecule has 3 nitrogen and oxygen atoms in total. The molecule has 0 aliphatic heterocycles. The van der Waals surface area contributed by atoms with Gasteiger partial charge in [-0.05, 0) is 19.1 Å². The van der Waals surface area contributed by atoms with Crippen molar-refractivity contribution >= 4 is 26.8 Å². The summed E-state index contributed by atoms with van der Waals surface area (Å²) in [5.41, 5.74) is 1.73. The summed E-state index contributed by atoms with van der Waals surface area (Å²) in [5, 5.41) is 1.21. The Morgan fingerprint density at radius 1 is 1.50 bits per heavy atom. The average molecular weight is 253 g/mol. The molecule has 0 amide bonds. The molecular formula is C10H9BrN2O. The lowest BCUT2D eigenvalue weighted by Gasteiger charge is -2.00. The minimum atomic E-state index is -0.0758. The van der Waals surface area contributed by atoms with Crippen molar-refractivity contribution in [2.75, 3.05) is 0 Å². The van der Waals surface area contributed by atoms with Gasteiger partial charge in [0.15, 0.2) is 0 Å². The van der Waals surface area contributed by atoms with E-state index < -0.39 is 0 Å². The van der Waals surface area contributed by atoms with Gasteiger partial charge in [-0.2, -0.15) is 0 Å². The Balaban J connectivity index is 2.83. The minimum Gasteiger partial charge on any atom is -0.309 e. The van der Waals surface area contributed by atoms with Crippen LogP contribution < -0.4 is 5.56 Å². The van der Waals surface area contributed by atoms with E-state index in [4.69, 9.17) is 0 Å². The van der Waals surface area contributed by atoms with Gasteiger partial charge in [-0.3, -0.25) is 4.79 Å². The molecule has 1 heterocycles. The van der Waals surface area contributed by atoms with Gasteiger partial charge in [0.1, 0.15) is 5.82 Å². The average Bonchev–Trinajstić information content (AvgIpc) is 2.19. The van der Waals surface area contributed by atoms with Gasteiger partial charge in [-0.15, -0.1) is 0 Å². The first-order valence-corrected chi connectivity index (χ1v) is 5.38. The SMILES string of the molecule is Cc1ccc2nc(CBr)[nH]c(=O)c2c1. The van der Waals surface area contributed by atoms with E-state index in [9.17, 15) is 4.79 Å². The van der Waals surface area contributed by atoms with Crippen molar-refractivity contribution in [3.8, 4) is 0 Å². The molecule has 1 N–H and O–H groups in total. The van der Waals surface area contributed by atoms with Crippen LogP contribution >= 0.6 is 15.9 Å². The molecule has 0 bridgehead atoms. The quantitative estimate of drug-likeness (QED) is 0.791. The molecule has 1 aromatic carbocycles. The third-order valence-electron chi connectivity index (χ3n) is 2.04. The number of halogens is 1. The number of benzene rings is 1. The Hall–Kier alpha value is -1.16. The smallest absolute Gasteiger partial charge is 0.258 e. The zero-order valence-electron chi connectivity index (χ0n) is 7.67. The molecular weight excluding hydrogens is 244 g/mol. The lowest BCUT2D eigenvalue weighted by molar-refractivity contribution is 1.05. The van der Waals surface area contributed by atoms with Crippen LogP contribution in [0.25, 0.3) is 10.9 Å². The van der Waals surface area contributed by atoms with Crippen LogP contribution in [0.15, 0.2) is 23.0 Å². The maximum Gasteiger partial charge on any atom is 0.258 e. The van der Waals surface area contributed by atoms with E-state index in [1.165, 1.54) is 0 Å². The molecule has 2 aromatic rings. The first kappa shape index (κ1) is 9.40. The molecule has 72 valence electrons. The fourth-order valence-corrected chi connectivity index (χ4v) is 1.63. The Kier molecular flexibility index (Phi) is 2.37. The summed E-state index contributed by atoms with van der Waals surface area (Å²) in [5.74, 6) is 0.659. The van der Waals surface area contributed by atoms with Crippen LogP contribution in [0.3, 0.4) is 0 Å². The number of rotatable bonds is 1. The fraction of sp³-hybridized carbons (Fsp3) is 0.200. The molecule has 0 atom stereocenters. The maximum absolute atomic E-state index is 11.6. The second kappa shape index (κ2) is 3.53. The number of fused-ring (bicyclic) bond motifs is 1. The van der Waals surface area contributed by atoms with Crippen molar-refractivity contribution in [1.29, 1.82) is 0 Å². The van der Waals surface area contributed by atoms with Crippen molar-refractivity contribution in [2.45, 2.75) is 12.3 Å². The molecule has 0 spiro atoms. The topological polar surface area (TPSA) is 45.8 Å².